The summed E-state index contributed by atoms with van der Waals surface area (Å²) in [5, 5.41) is 5.61. The Balaban J connectivity index is 0.00000400. The zero-order valence-electron chi connectivity index (χ0n) is 12.9. The van der Waals surface area contributed by atoms with E-state index in [9.17, 15) is 9.59 Å². The van der Waals surface area contributed by atoms with Gasteiger partial charge in [0.05, 0.1) is 0 Å². The summed E-state index contributed by atoms with van der Waals surface area (Å²) in [6.07, 6.45) is 0. The summed E-state index contributed by atoms with van der Waals surface area (Å²) in [5.41, 5.74) is 7.50. The third-order valence-corrected chi connectivity index (χ3v) is 2.97. The number of anilines is 1. The van der Waals surface area contributed by atoms with Gasteiger partial charge in [-0.1, -0.05) is 13.0 Å². The van der Waals surface area contributed by atoms with Crippen LogP contribution in [0.5, 0.6) is 0 Å². The second-order valence-corrected chi connectivity index (χ2v) is 5.28. The van der Waals surface area contributed by atoms with E-state index >= 15 is 0 Å². The van der Waals surface area contributed by atoms with Crippen molar-refractivity contribution in [2.24, 2.45) is 11.7 Å². The number of nitrogens with one attached hydrogen (secondary N) is 2. The zero-order chi connectivity index (χ0) is 15.3. The van der Waals surface area contributed by atoms with Gasteiger partial charge < -0.3 is 16.4 Å². The van der Waals surface area contributed by atoms with E-state index in [1.165, 1.54) is 0 Å². The summed E-state index contributed by atoms with van der Waals surface area (Å²) < 4.78 is 0. The number of hydrogen-bond acceptors (Lipinski definition) is 3. The number of benzene rings is 1. The van der Waals surface area contributed by atoms with Gasteiger partial charge in [0.25, 0.3) is 5.91 Å². The summed E-state index contributed by atoms with van der Waals surface area (Å²) in [6, 6.07) is 5.35. The molecular weight excluding hydrogens is 290 g/mol. The molecule has 0 radical (unpaired) electrons. The molecule has 0 saturated heterocycles. The number of amides is 2. The molecule has 0 bridgehead atoms. The highest BCUT2D eigenvalue weighted by Crippen LogP contribution is 2.16. The third kappa shape index (κ3) is 5.73. The predicted molar refractivity (Wildman–Crippen MR) is 87.9 cm³/mol. The van der Waals surface area contributed by atoms with Crippen molar-refractivity contribution in [3.05, 3.63) is 29.3 Å². The Morgan fingerprint density at radius 3 is 2.38 bits per heavy atom. The maximum absolute atomic E-state index is 12.1. The lowest BCUT2D eigenvalue weighted by Gasteiger charge is -2.14. The fraction of sp³-hybridized carbons (Fsp3) is 0.467. The van der Waals surface area contributed by atoms with Crippen molar-refractivity contribution < 1.29 is 9.59 Å². The number of halogens is 1. The Morgan fingerprint density at radius 2 is 1.86 bits per heavy atom. The average Bonchev–Trinajstić information content (AvgIpc) is 2.38. The number of nitrogens with two attached hydrogens (primary N) is 1. The zero-order valence-corrected chi connectivity index (χ0v) is 13.7. The first-order valence-corrected chi connectivity index (χ1v) is 6.77. The Labute approximate surface area is 132 Å². The molecule has 0 spiro atoms. The molecule has 0 aliphatic rings. The van der Waals surface area contributed by atoms with Crippen LogP contribution in [0.3, 0.4) is 0 Å². The number of rotatable bonds is 5. The van der Waals surface area contributed by atoms with Gasteiger partial charge in [0.2, 0.25) is 5.91 Å². The molecule has 0 aliphatic carbocycles. The first-order valence-electron chi connectivity index (χ1n) is 6.77. The third-order valence-electron chi connectivity index (χ3n) is 2.97. The summed E-state index contributed by atoms with van der Waals surface area (Å²) in [7, 11) is 0. The van der Waals surface area contributed by atoms with Gasteiger partial charge in [-0.05, 0) is 38.5 Å². The van der Waals surface area contributed by atoms with Crippen molar-refractivity contribution in [2.75, 3.05) is 11.9 Å². The van der Waals surface area contributed by atoms with Gasteiger partial charge >= 0.3 is 0 Å². The van der Waals surface area contributed by atoms with E-state index in [1.807, 2.05) is 26.8 Å². The summed E-state index contributed by atoms with van der Waals surface area (Å²) in [5.74, 6) is -0.545. The lowest BCUT2D eigenvalue weighted by molar-refractivity contribution is -0.119. The highest BCUT2D eigenvalue weighted by Gasteiger charge is 2.14. The van der Waals surface area contributed by atoms with E-state index in [4.69, 9.17) is 5.73 Å². The van der Waals surface area contributed by atoms with Crippen molar-refractivity contribution in [2.45, 2.75) is 33.7 Å². The highest BCUT2D eigenvalue weighted by atomic mass is 35.5. The average molecular weight is 314 g/mol. The molecule has 118 valence electrons. The van der Waals surface area contributed by atoms with Crippen molar-refractivity contribution >= 4 is 29.9 Å². The quantitative estimate of drug-likeness (QED) is 0.778. The van der Waals surface area contributed by atoms with Gasteiger partial charge in [0.15, 0.2) is 0 Å². The first kappa shape index (κ1) is 19.4. The molecule has 4 N–H and O–H groups in total. The summed E-state index contributed by atoms with van der Waals surface area (Å²) >= 11 is 0. The van der Waals surface area contributed by atoms with Crippen LogP contribution in [0.1, 0.15) is 36.7 Å². The van der Waals surface area contributed by atoms with Gasteiger partial charge in [-0.2, -0.15) is 0 Å². The van der Waals surface area contributed by atoms with Gasteiger partial charge in [0.1, 0.15) is 0 Å². The fourth-order valence-corrected chi connectivity index (χ4v) is 1.66. The topological polar surface area (TPSA) is 84.2 Å². The molecule has 0 saturated carbocycles. The number of carbonyl (C=O) groups is 2. The number of aryl methyl sites for hydroxylation is 1. The minimum absolute atomic E-state index is 0. The van der Waals surface area contributed by atoms with Gasteiger partial charge in [-0.25, -0.2) is 0 Å². The summed E-state index contributed by atoms with van der Waals surface area (Å²) in [6.45, 7) is 7.72. The van der Waals surface area contributed by atoms with Crippen LogP contribution in [0, 0.1) is 12.8 Å². The predicted octanol–water partition coefficient (Wildman–Crippen LogP) is 2.09. The molecule has 0 aliphatic heterocycles. The maximum atomic E-state index is 12.1. The maximum Gasteiger partial charge on any atom is 0.251 e. The van der Waals surface area contributed by atoms with Crippen LogP contribution in [-0.4, -0.2) is 24.4 Å². The molecule has 21 heavy (non-hydrogen) atoms. The van der Waals surface area contributed by atoms with Crippen molar-refractivity contribution in [3.63, 3.8) is 0 Å². The van der Waals surface area contributed by atoms with Gasteiger partial charge in [-0.3, -0.25) is 9.59 Å². The second-order valence-electron chi connectivity index (χ2n) is 5.28. The molecule has 2 amide bonds. The molecular formula is C15H24ClN3O2. The Kier molecular flexibility index (Phi) is 7.99. The minimum atomic E-state index is -0.260. The van der Waals surface area contributed by atoms with Crippen LogP contribution >= 0.6 is 12.4 Å². The largest absolute Gasteiger partial charge is 0.350 e. The summed E-state index contributed by atoms with van der Waals surface area (Å²) in [4.78, 5) is 23.9. The van der Waals surface area contributed by atoms with Crippen LogP contribution < -0.4 is 16.4 Å². The lowest BCUT2D eigenvalue weighted by atomic mass is 10.1. The molecule has 0 aromatic heterocycles. The standard InChI is InChI=1S/C15H23N3O2.ClH/c1-9(2)17-15(20)13-7-12(6-5-10(13)3)18-14(19)11(4)8-16;/h5-7,9,11H,8,16H2,1-4H3,(H,17,20)(H,18,19);1H. The molecule has 1 atom stereocenters. The molecule has 1 unspecified atom stereocenters. The van der Waals surface area contributed by atoms with Crippen molar-refractivity contribution in [1.82, 2.24) is 5.32 Å². The first-order chi connectivity index (χ1) is 9.35. The van der Waals surface area contributed by atoms with E-state index in [0.717, 1.165) is 5.56 Å². The molecule has 0 fully saturated rings. The highest BCUT2D eigenvalue weighted by molar-refractivity contribution is 5.98. The fourth-order valence-electron chi connectivity index (χ4n) is 1.66. The van der Waals surface area contributed by atoms with E-state index in [2.05, 4.69) is 10.6 Å². The second kappa shape index (κ2) is 8.64. The monoisotopic (exact) mass is 313 g/mol. The SMILES string of the molecule is Cc1ccc(NC(=O)C(C)CN)cc1C(=O)NC(C)C.Cl. The Bertz CT molecular complexity index is 504. The van der Waals surface area contributed by atoms with E-state index in [0.29, 0.717) is 17.8 Å². The Morgan fingerprint density at radius 1 is 1.24 bits per heavy atom. The van der Waals surface area contributed by atoms with Gasteiger partial charge in [0, 0.05) is 29.8 Å². The number of carbonyl (C=O) groups excluding carboxylic acids is 2. The lowest BCUT2D eigenvalue weighted by Crippen LogP contribution is -2.31. The Hall–Kier alpha value is -1.59. The van der Waals surface area contributed by atoms with Gasteiger partial charge in [-0.15, -0.1) is 12.4 Å². The smallest absolute Gasteiger partial charge is 0.251 e. The van der Waals surface area contributed by atoms with Crippen LogP contribution in [-0.2, 0) is 4.79 Å². The molecule has 6 heteroatoms. The normalized spacial score (nSPS) is 11.5. The molecule has 1 aromatic rings. The molecule has 5 nitrogen and oxygen atoms in total. The van der Waals surface area contributed by atoms with E-state index < -0.39 is 0 Å². The molecule has 1 aromatic carbocycles. The van der Waals surface area contributed by atoms with Crippen molar-refractivity contribution in [1.29, 1.82) is 0 Å². The van der Waals surface area contributed by atoms with E-state index in [1.54, 1.807) is 19.1 Å². The van der Waals surface area contributed by atoms with Crippen LogP contribution in [0.2, 0.25) is 0 Å². The van der Waals surface area contributed by atoms with E-state index in [-0.39, 0.29) is 36.2 Å². The van der Waals surface area contributed by atoms with Crippen LogP contribution in [0.4, 0.5) is 5.69 Å². The molecule has 0 heterocycles. The van der Waals surface area contributed by atoms with Crippen LogP contribution in [0.25, 0.3) is 0 Å². The van der Waals surface area contributed by atoms with Crippen molar-refractivity contribution in [3.8, 4) is 0 Å². The minimum Gasteiger partial charge on any atom is -0.350 e. The molecule has 1 rings (SSSR count). The number of hydrogen-bond donors (Lipinski definition) is 3. The van der Waals surface area contributed by atoms with Crippen LogP contribution in [0.15, 0.2) is 18.2 Å².